The third-order valence-corrected chi connectivity index (χ3v) is 6.34. The van der Waals surface area contributed by atoms with Gasteiger partial charge in [-0.15, -0.1) is 0 Å². The molecule has 3 aromatic rings. The van der Waals surface area contributed by atoms with Gasteiger partial charge in [0.05, 0.1) is 12.2 Å². The molecule has 7 heteroatoms. The lowest BCUT2D eigenvalue weighted by Crippen LogP contribution is -2.31. The number of aliphatic hydroxyl groups excluding tert-OH is 1. The number of hydrogen-bond acceptors (Lipinski definition) is 3. The summed E-state index contributed by atoms with van der Waals surface area (Å²) < 4.78 is 56.9. The van der Waals surface area contributed by atoms with E-state index < -0.39 is 26.6 Å². The van der Waals surface area contributed by atoms with Crippen LogP contribution in [0.3, 0.4) is 0 Å². The van der Waals surface area contributed by atoms with Crippen molar-refractivity contribution in [2.45, 2.75) is 24.4 Å². The number of sulfonamides is 1. The highest BCUT2D eigenvalue weighted by atomic mass is 32.2. The van der Waals surface area contributed by atoms with Crippen molar-refractivity contribution in [3.63, 3.8) is 0 Å². The van der Waals surface area contributed by atoms with E-state index in [0.717, 1.165) is 21.5 Å². The third kappa shape index (κ3) is 5.76. The standard InChI is InChI=1S/C24H21F2NO3S/c25-22-15-21(13-7-8-14-28)24(23(26)16-22)31(29,30)27(17-19-9-3-1-4-10-19)18-20-11-5-2-6-12-20/h1-6,9-12,15-16,28H,8,14,17-18H2. The molecule has 0 aliphatic rings. The van der Waals surface area contributed by atoms with Crippen LogP contribution in [0.15, 0.2) is 77.7 Å². The van der Waals surface area contributed by atoms with Gasteiger partial charge < -0.3 is 5.11 Å². The first kappa shape index (κ1) is 22.6. The first-order chi connectivity index (χ1) is 14.9. The van der Waals surface area contributed by atoms with E-state index in [2.05, 4.69) is 11.8 Å². The molecule has 0 amide bonds. The lowest BCUT2D eigenvalue weighted by atomic mass is 10.2. The van der Waals surface area contributed by atoms with E-state index in [1.807, 2.05) is 12.1 Å². The molecule has 0 unspecified atom stereocenters. The number of benzene rings is 3. The summed E-state index contributed by atoms with van der Waals surface area (Å²) in [4.78, 5) is -0.675. The van der Waals surface area contributed by atoms with Gasteiger partial charge in [0, 0.05) is 25.6 Å². The quantitative estimate of drug-likeness (QED) is 0.562. The number of halogens is 2. The van der Waals surface area contributed by atoms with Crippen LogP contribution in [0, 0.1) is 23.5 Å². The van der Waals surface area contributed by atoms with Crippen molar-refractivity contribution in [1.29, 1.82) is 0 Å². The Bertz CT molecular complexity index is 1150. The zero-order chi connectivity index (χ0) is 22.3. The molecule has 0 aliphatic carbocycles. The smallest absolute Gasteiger partial charge is 0.247 e. The third-order valence-electron chi connectivity index (χ3n) is 4.47. The second-order valence-corrected chi connectivity index (χ2v) is 8.66. The largest absolute Gasteiger partial charge is 0.395 e. The molecule has 0 atom stereocenters. The van der Waals surface area contributed by atoms with E-state index in [1.54, 1.807) is 48.5 Å². The Labute approximate surface area is 180 Å². The molecule has 160 valence electrons. The fourth-order valence-electron chi connectivity index (χ4n) is 3.06. The molecule has 1 N–H and O–H groups in total. The van der Waals surface area contributed by atoms with Gasteiger partial charge in [-0.3, -0.25) is 0 Å². The van der Waals surface area contributed by atoms with Crippen molar-refractivity contribution in [3.8, 4) is 11.8 Å². The average Bonchev–Trinajstić information content (AvgIpc) is 2.74. The fraction of sp³-hybridized carbons (Fsp3) is 0.167. The van der Waals surface area contributed by atoms with E-state index >= 15 is 0 Å². The highest BCUT2D eigenvalue weighted by Gasteiger charge is 2.31. The summed E-state index contributed by atoms with van der Waals surface area (Å²) in [6.07, 6.45) is 0.0510. The Hall–Kier alpha value is -3.05. The summed E-state index contributed by atoms with van der Waals surface area (Å²) in [6, 6.07) is 19.3. The summed E-state index contributed by atoms with van der Waals surface area (Å²) >= 11 is 0. The van der Waals surface area contributed by atoms with E-state index in [4.69, 9.17) is 5.11 Å². The molecule has 0 saturated carbocycles. The summed E-state index contributed by atoms with van der Waals surface area (Å²) in [6.45, 7) is -0.252. The van der Waals surface area contributed by atoms with Gasteiger partial charge in [0.15, 0.2) is 0 Å². The number of rotatable bonds is 7. The normalized spacial score (nSPS) is 11.2. The molecule has 0 saturated heterocycles. The van der Waals surface area contributed by atoms with Crippen LogP contribution in [0.1, 0.15) is 23.1 Å². The van der Waals surface area contributed by atoms with Gasteiger partial charge in [-0.1, -0.05) is 72.5 Å². The van der Waals surface area contributed by atoms with Gasteiger partial charge in [-0.2, -0.15) is 4.31 Å². The van der Waals surface area contributed by atoms with Gasteiger partial charge >= 0.3 is 0 Å². The van der Waals surface area contributed by atoms with Crippen molar-refractivity contribution in [2.24, 2.45) is 0 Å². The highest BCUT2D eigenvalue weighted by Crippen LogP contribution is 2.27. The molecule has 3 rings (SSSR count). The predicted molar refractivity (Wildman–Crippen MR) is 114 cm³/mol. The summed E-state index contributed by atoms with van der Waals surface area (Å²) in [5, 5.41) is 8.92. The topological polar surface area (TPSA) is 57.6 Å². The van der Waals surface area contributed by atoms with Crippen molar-refractivity contribution in [3.05, 3.63) is 101 Å². The molecular weight excluding hydrogens is 420 g/mol. The summed E-state index contributed by atoms with van der Waals surface area (Å²) in [5.41, 5.74) is 1.16. The maximum atomic E-state index is 14.8. The average molecular weight is 441 g/mol. The van der Waals surface area contributed by atoms with Crippen LogP contribution >= 0.6 is 0 Å². The Balaban J connectivity index is 2.10. The van der Waals surface area contributed by atoms with Crippen LogP contribution in [-0.4, -0.2) is 24.4 Å². The SMILES string of the molecule is O=S(=O)(c1c(F)cc(F)cc1C#CCCO)N(Cc1ccccc1)Cc1ccccc1. The van der Waals surface area contributed by atoms with Crippen LogP contribution in [0.5, 0.6) is 0 Å². The summed E-state index contributed by atoms with van der Waals surface area (Å²) in [5.74, 6) is 2.89. The maximum absolute atomic E-state index is 14.8. The fourth-order valence-corrected chi connectivity index (χ4v) is 4.65. The Morgan fingerprint density at radius 1 is 0.871 bits per heavy atom. The van der Waals surface area contributed by atoms with Gasteiger partial charge in [-0.05, 0) is 17.2 Å². The number of aliphatic hydroxyl groups is 1. The van der Waals surface area contributed by atoms with E-state index in [-0.39, 0.29) is 31.7 Å². The minimum atomic E-state index is -4.39. The van der Waals surface area contributed by atoms with Gasteiger partial charge in [0.1, 0.15) is 16.5 Å². The van der Waals surface area contributed by atoms with E-state index in [9.17, 15) is 17.2 Å². The first-order valence-corrected chi connectivity index (χ1v) is 11.0. The molecule has 0 bridgehead atoms. The van der Waals surface area contributed by atoms with Crippen LogP contribution in [-0.2, 0) is 23.1 Å². The number of hydrogen-bond donors (Lipinski definition) is 1. The van der Waals surface area contributed by atoms with Crippen LogP contribution in [0.2, 0.25) is 0 Å². The molecule has 0 aromatic heterocycles. The van der Waals surface area contributed by atoms with Gasteiger partial charge in [0.25, 0.3) is 0 Å². The molecule has 0 spiro atoms. The van der Waals surface area contributed by atoms with Gasteiger partial charge in [0.2, 0.25) is 10.0 Å². The van der Waals surface area contributed by atoms with Crippen LogP contribution in [0.25, 0.3) is 0 Å². The second-order valence-electron chi connectivity index (χ2n) is 6.78. The molecular formula is C24H21F2NO3S. The zero-order valence-corrected chi connectivity index (χ0v) is 17.4. The highest BCUT2D eigenvalue weighted by molar-refractivity contribution is 7.89. The molecule has 0 fully saturated rings. The van der Waals surface area contributed by atoms with Gasteiger partial charge in [-0.25, -0.2) is 17.2 Å². The second kappa shape index (κ2) is 10.3. The molecule has 4 nitrogen and oxygen atoms in total. The predicted octanol–water partition coefficient (Wildman–Crippen LogP) is 4.09. The van der Waals surface area contributed by atoms with Crippen molar-refractivity contribution < 1.29 is 22.3 Å². The maximum Gasteiger partial charge on any atom is 0.247 e. The van der Waals surface area contributed by atoms with Crippen LogP contribution in [0.4, 0.5) is 8.78 Å². The minimum Gasteiger partial charge on any atom is -0.395 e. The monoisotopic (exact) mass is 441 g/mol. The van der Waals surface area contributed by atoms with Crippen molar-refractivity contribution >= 4 is 10.0 Å². The lowest BCUT2D eigenvalue weighted by molar-refractivity contribution is 0.305. The van der Waals surface area contributed by atoms with Crippen molar-refractivity contribution in [1.82, 2.24) is 4.31 Å². The summed E-state index contributed by atoms with van der Waals surface area (Å²) in [7, 11) is -4.39. The molecule has 0 aliphatic heterocycles. The van der Waals surface area contributed by atoms with E-state index in [0.29, 0.717) is 6.07 Å². The minimum absolute atomic E-state index is 0.00159. The lowest BCUT2D eigenvalue weighted by Gasteiger charge is -2.23. The molecule has 0 heterocycles. The van der Waals surface area contributed by atoms with E-state index in [1.165, 1.54) is 0 Å². The number of nitrogens with zero attached hydrogens (tertiary/aromatic N) is 1. The van der Waals surface area contributed by atoms with Crippen LogP contribution < -0.4 is 0 Å². The molecule has 31 heavy (non-hydrogen) atoms. The zero-order valence-electron chi connectivity index (χ0n) is 16.6. The Morgan fingerprint density at radius 2 is 1.42 bits per heavy atom. The van der Waals surface area contributed by atoms with Crippen molar-refractivity contribution in [2.75, 3.05) is 6.61 Å². The first-order valence-electron chi connectivity index (χ1n) is 9.58. The molecule has 3 aromatic carbocycles. The molecule has 0 radical (unpaired) electrons. The Kier molecular flexibility index (Phi) is 7.53. The Morgan fingerprint density at radius 3 is 1.94 bits per heavy atom.